The lowest BCUT2D eigenvalue weighted by Gasteiger charge is -2.34. The van der Waals surface area contributed by atoms with E-state index in [0.29, 0.717) is 28.8 Å². The summed E-state index contributed by atoms with van der Waals surface area (Å²) in [6.07, 6.45) is 8.43. The van der Waals surface area contributed by atoms with Gasteiger partial charge < -0.3 is 20.1 Å². The van der Waals surface area contributed by atoms with Gasteiger partial charge in [-0.15, -0.1) is 10.2 Å². The molecule has 3 N–H and O–H groups in total. The van der Waals surface area contributed by atoms with Crippen molar-refractivity contribution >= 4 is 39.4 Å². The van der Waals surface area contributed by atoms with Gasteiger partial charge in [-0.25, -0.2) is 13.2 Å². The molecule has 2 amide bonds. The van der Waals surface area contributed by atoms with Crippen LogP contribution in [0.5, 0.6) is 11.5 Å². The molecule has 2 aromatic heterocycles. The third-order valence-corrected chi connectivity index (χ3v) is 10.2. The van der Waals surface area contributed by atoms with Gasteiger partial charge in [0.05, 0.1) is 36.5 Å². The van der Waals surface area contributed by atoms with E-state index in [1.807, 2.05) is 55.6 Å². The SMILES string of the molecule is COc1c(NC(=O)N[C@@]2(C=O)C=C[C@H](Oc3ccc4nnc([C@]5(C)CCCN5C)n4c3)c3ccccc32)cc(C(C)(C)C)cc1NS(C)(=O)=O. The maximum Gasteiger partial charge on any atom is 0.320 e. The number of ether oxygens (including phenoxy) is 2. The summed E-state index contributed by atoms with van der Waals surface area (Å²) in [6.45, 7) is 9.04. The van der Waals surface area contributed by atoms with E-state index in [2.05, 4.69) is 44.4 Å². The molecule has 4 aromatic rings. The van der Waals surface area contributed by atoms with Crippen LogP contribution >= 0.6 is 0 Å². The number of methoxy groups -OCH3 is 1. The highest BCUT2D eigenvalue weighted by molar-refractivity contribution is 7.92. The number of hydrogen-bond donors (Lipinski definition) is 3. The lowest BCUT2D eigenvalue weighted by atomic mass is 9.81. The molecule has 50 heavy (non-hydrogen) atoms. The smallest absolute Gasteiger partial charge is 0.320 e. The van der Waals surface area contributed by atoms with E-state index < -0.39 is 33.1 Å². The summed E-state index contributed by atoms with van der Waals surface area (Å²) in [4.78, 5) is 28.9. The molecule has 1 fully saturated rings. The minimum Gasteiger partial charge on any atom is -0.492 e. The number of nitrogens with one attached hydrogen (secondary N) is 3. The summed E-state index contributed by atoms with van der Waals surface area (Å²) in [5, 5.41) is 14.6. The molecule has 1 saturated heterocycles. The van der Waals surface area contributed by atoms with E-state index >= 15 is 0 Å². The number of sulfonamides is 1. The zero-order valence-corrected chi connectivity index (χ0v) is 30.1. The Morgan fingerprint density at radius 3 is 2.50 bits per heavy atom. The van der Waals surface area contributed by atoms with Gasteiger partial charge in [-0.2, -0.15) is 0 Å². The van der Waals surface area contributed by atoms with Gasteiger partial charge in [0, 0.05) is 5.56 Å². The number of benzene rings is 2. The first kappa shape index (κ1) is 34.9. The first-order chi connectivity index (χ1) is 23.6. The number of nitrogens with zero attached hydrogens (tertiary/aromatic N) is 4. The van der Waals surface area contributed by atoms with Crippen molar-refractivity contribution in [1.82, 2.24) is 24.8 Å². The number of fused-ring (bicyclic) bond motifs is 2. The molecule has 14 heteroatoms. The van der Waals surface area contributed by atoms with Crippen LogP contribution in [-0.2, 0) is 31.3 Å². The Balaban J connectivity index is 1.29. The van der Waals surface area contributed by atoms with Gasteiger partial charge in [-0.05, 0) is 86.3 Å². The molecule has 0 bridgehead atoms. The normalized spacial score (nSPS) is 22.2. The van der Waals surface area contributed by atoms with E-state index in [9.17, 15) is 18.0 Å². The van der Waals surface area contributed by atoms with Crippen molar-refractivity contribution in [3.05, 3.63) is 89.4 Å². The van der Waals surface area contributed by atoms with Crippen LogP contribution in [0.4, 0.5) is 16.2 Å². The van der Waals surface area contributed by atoms with Crippen LogP contribution in [0.15, 0.2) is 66.9 Å². The lowest BCUT2D eigenvalue weighted by Crippen LogP contribution is -2.49. The number of carbonyl (C=O) groups excluding carboxylic acids is 2. The number of likely N-dealkylation sites (tertiary alicyclic amines) is 1. The van der Waals surface area contributed by atoms with Crippen molar-refractivity contribution in [3.8, 4) is 11.5 Å². The van der Waals surface area contributed by atoms with Crippen molar-refractivity contribution in [2.24, 2.45) is 0 Å². The number of anilines is 2. The van der Waals surface area contributed by atoms with Crippen LogP contribution in [0.2, 0.25) is 0 Å². The number of urea groups is 1. The summed E-state index contributed by atoms with van der Waals surface area (Å²) in [6, 6.07) is 13.7. The summed E-state index contributed by atoms with van der Waals surface area (Å²) >= 11 is 0. The van der Waals surface area contributed by atoms with Crippen LogP contribution in [0.25, 0.3) is 5.65 Å². The Kier molecular flexibility index (Phi) is 8.89. The minimum absolute atomic E-state index is 0.119. The quantitative estimate of drug-likeness (QED) is 0.157. The standard InChI is InChI=1S/C36H43N7O6S/c1-34(2,3)23-19-27(31(48-6)28(20-23)41-50(7,46)47)37-33(45)38-36(22-44)17-15-29(25-11-8-9-12-26(25)36)49-24-13-14-30-39-40-32(43(30)21-24)35(4)16-10-18-42(35)5/h8-9,11-15,17,19-22,29,41H,10,16,18H2,1-7H3,(H2,37,38,45)/t29-,35-,36+/m0/s1. The molecule has 0 unspecified atom stereocenters. The Bertz CT molecular complexity index is 2110. The molecule has 6 rings (SSSR count). The van der Waals surface area contributed by atoms with E-state index in [0.717, 1.165) is 37.0 Å². The second kappa shape index (κ2) is 12.7. The molecule has 0 saturated carbocycles. The van der Waals surface area contributed by atoms with Gasteiger partial charge in [0.1, 0.15) is 17.4 Å². The predicted octanol–water partition coefficient (Wildman–Crippen LogP) is 5.25. The van der Waals surface area contributed by atoms with Crippen LogP contribution in [-0.4, -0.2) is 67.2 Å². The van der Waals surface area contributed by atoms with Crippen molar-refractivity contribution < 1.29 is 27.5 Å². The molecule has 2 aliphatic rings. The molecule has 1 aliphatic carbocycles. The molecule has 0 radical (unpaired) electrons. The first-order valence-corrected chi connectivity index (χ1v) is 18.2. The van der Waals surface area contributed by atoms with Crippen LogP contribution < -0.4 is 24.8 Å². The Morgan fingerprint density at radius 2 is 1.84 bits per heavy atom. The monoisotopic (exact) mass is 701 g/mol. The molecular formula is C36H43N7O6S. The molecule has 1 aliphatic heterocycles. The third kappa shape index (κ3) is 6.52. The zero-order chi connectivity index (χ0) is 36.1. The van der Waals surface area contributed by atoms with Gasteiger partial charge in [0.2, 0.25) is 10.0 Å². The fourth-order valence-electron chi connectivity index (χ4n) is 6.73. The number of amides is 2. The lowest BCUT2D eigenvalue weighted by molar-refractivity contribution is -0.111. The Morgan fingerprint density at radius 1 is 1.10 bits per heavy atom. The highest BCUT2D eigenvalue weighted by Gasteiger charge is 2.41. The molecule has 264 valence electrons. The third-order valence-electron chi connectivity index (χ3n) is 9.58. The fraction of sp³-hybridized carbons (Fsp3) is 0.389. The minimum atomic E-state index is -3.67. The van der Waals surface area contributed by atoms with E-state index in [1.165, 1.54) is 7.11 Å². The number of aldehydes is 1. The largest absolute Gasteiger partial charge is 0.492 e. The van der Waals surface area contributed by atoms with E-state index in [4.69, 9.17) is 9.47 Å². The molecule has 3 heterocycles. The van der Waals surface area contributed by atoms with E-state index in [-0.39, 0.29) is 22.7 Å². The average Bonchev–Trinajstić information content (AvgIpc) is 3.63. The van der Waals surface area contributed by atoms with Crippen LogP contribution in [0.1, 0.15) is 69.2 Å². The Hall–Kier alpha value is -4.95. The van der Waals surface area contributed by atoms with Gasteiger partial charge in [-0.3, -0.25) is 18.8 Å². The summed E-state index contributed by atoms with van der Waals surface area (Å²) in [5.41, 5.74) is 0.904. The van der Waals surface area contributed by atoms with Crippen molar-refractivity contribution in [2.75, 3.05) is 37.0 Å². The maximum absolute atomic E-state index is 13.7. The number of hydrogen-bond acceptors (Lipinski definition) is 9. The topological polar surface area (TPSA) is 156 Å². The number of rotatable bonds is 9. The highest BCUT2D eigenvalue weighted by Crippen LogP contribution is 2.41. The van der Waals surface area contributed by atoms with Crippen LogP contribution in [0.3, 0.4) is 0 Å². The van der Waals surface area contributed by atoms with Gasteiger partial charge in [0.15, 0.2) is 23.5 Å². The maximum atomic E-state index is 13.7. The van der Waals surface area contributed by atoms with Gasteiger partial charge in [0.25, 0.3) is 0 Å². The van der Waals surface area contributed by atoms with Gasteiger partial charge in [-0.1, -0.05) is 45.0 Å². The summed E-state index contributed by atoms with van der Waals surface area (Å²) in [5.74, 6) is 1.55. The summed E-state index contributed by atoms with van der Waals surface area (Å²) < 4.78 is 40.8. The average molecular weight is 702 g/mol. The predicted molar refractivity (Wildman–Crippen MR) is 191 cm³/mol. The molecule has 3 atom stereocenters. The fourth-order valence-corrected chi connectivity index (χ4v) is 7.28. The van der Waals surface area contributed by atoms with Crippen molar-refractivity contribution in [3.63, 3.8) is 0 Å². The number of pyridine rings is 1. The second-order valence-corrected chi connectivity index (χ2v) is 15.9. The number of carbonyl (C=O) groups is 2. The van der Waals surface area contributed by atoms with E-state index in [1.54, 1.807) is 36.4 Å². The summed E-state index contributed by atoms with van der Waals surface area (Å²) in [7, 11) is -0.193. The Labute approximate surface area is 292 Å². The molecular weight excluding hydrogens is 659 g/mol. The van der Waals surface area contributed by atoms with Crippen molar-refractivity contribution in [1.29, 1.82) is 0 Å². The number of aromatic nitrogens is 3. The highest BCUT2D eigenvalue weighted by atomic mass is 32.2. The van der Waals surface area contributed by atoms with Crippen molar-refractivity contribution in [2.45, 2.75) is 63.1 Å². The molecule has 2 aromatic carbocycles. The first-order valence-electron chi connectivity index (χ1n) is 16.3. The zero-order valence-electron chi connectivity index (χ0n) is 29.3. The second-order valence-electron chi connectivity index (χ2n) is 14.2. The van der Waals surface area contributed by atoms with Crippen LogP contribution in [0, 0.1) is 0 Å². The molecule has 13 nitrogen and oxygen atoms in total. The van der Waals surface area contributed by atoms with Gasteiger partial charge >= 0.3 is 6.03 Å². The molecule has 0 spiro atoms.